The predicted octanol–water partition coefficient (Wildman–Crippen LogP) is 2.55. The second kappa shape index (κ2) is 11.2. The quantitative estimate of drug-likeness (QED) is 0.151. The molecule has 2 heterocycles. The Morgan fingerprint density at radius 2 is 1.61 bits per heavy atom. The third kappa shape index (κ3) is 4.46. The molecule has 10 nitrogen and oxygen atoms in total. The van der Waals surface area contributed by atoms with Crippen molar-refractivity contribution in [3.63, 3.8) is 0 Å². The number of carbonyl (C=O) groups is 1. The molecule has 5 fully saturated rings. The van der Waals surface area contributed by atoms with Crippen molar-refractivity contribution in [3.8, 4) is 0 Å². The summed E-state index contributed by atoms with van der Waals surface area (Å²) in [7, 11) is 0. The molecular weight excluding hydrogens is 592 g/mol. The summed E-state index contributed by atoms with van der Waals surface area (Å²) in [5.74, 6) is -0.0761. The van der Waals surface area contributed by atoms with Gasteiger partial charge < -0.3 is 44.8 Å². The van der Waals surface area contributed by atoms with Crippen LogP contribution >= 0.6 is 0 Å². The molecule has 0 bridgehead atoms. The molecule has 4 aliphatic carbocycles. The summed E-state index contributed by atoms with van der Waals surface area (Å²) < 4.78 is 17.9. The zero-order chi connectivity index (χ0) is 33.9. The van der Waals surface area contributed by atoms with Crippen LogP contribution in [0.3, 0.4) is 0 Å². The number of aliphatic hydroxyl groups is 6. The molecule has 0 spiro atoms. The van der Waals surface area contributed by atoms with Crippen molar-refractivity contribution in [1.82, 2.24) is 0 Å². The van der Waals surface area contributed by atoms with Gasteiger partial charge in [-0.3, -0.25) is 4.79 Å². The number of aliphatic hydroxyl groups excluding tert-OH is 6. The van der Waals surface area contributed by atoms with Gasteiger partial charge in [0.15, 0.2) is 6.29 Å². The summed E-state index contributed by atoms with van der Waals surface area (Å²) in [6, 6.07) is 0. The normalized spacial score (nSPS) is 54.9. The molecule has 0 amide bonds. The van der Waals surface area contributed by atoms with Crippen molar-refractivity contribution in [2.24, 2.45) is 56.7 Å². The second-order valence-corrected chi connectivity index (χ2v) is 17.6. The standard InChI is InChI=1S/C36H58O10/c1-17(2)20-16-44-30(43)28-34(6)12-11-18-19(35(34,7)14-24(39)36(20,28)8)9-10-23-32(3,4)29(21(38)13-33(18,23)5)46-31-27(42)26(41)25(40)22(15-37)45-31/h11,17,19-29,31,37-42H,9-10,12-16H2,1-8H3. The molecule has 6 N–H and O–H groups in total. The summed E-state index contributed by atoms with van der Waals surface area (Å²) in [6.07, 6.45) is -3.57. The lowest BCUT2D eigenvalue weighted by molar-refractivity contribution is -0.336. The van der Waals surface area contributed by atoms with Crippen molar-refractivity contribution in [2.75, 3.05) is 13.2 Å². The minimum atomic E-state index is -1.56. The second-order valence-electron chi connectivity index (χ2n) is 17.6. The van der Waals surface area contributed by atoms with Gasteiger partial charge in [0.1, 0.15) is 24.4 Å². The number of cyclic esters (lactones) is 1. The summed E-state index contributed by atoms with van der Waals surface area (Å²) >= 11 is 0. The summed E-state index contributed by atoms with van der Waals surface area (Å²) in [6.45, 7) is 17.1. The number of rotatable bonds is 4. The predicted molar refractivity (Wildman–Crippen MR) is 168 cm³/mol. The smallest absolute Gasteiger partial charge is 0.310 e. The molecule has 0 aromatic rings. The largest absolute Gasteiger partial charge is 0.465 e. The molecule has 2 saturated heterocycles. The van der Waals surface area contributed by atoms with E-state index in [1.165, 1.54) is 5.57 Å². The van der Waals surface area contributed by atoms with Gasteiger partial charge in [0.05, 0.1) is 37.4 Å². The van der Waals surface area contributed by atoms with E-state index in [9.17, 15) is 35.4 Å². The zero-order valence-corrected chi connectivity index (χ0v) is 28.8. The number of hydrogen-bond donors (Lipinski definition) is 6. The van der Waals surface area contributed by atoms with Gasteiger partial charge >= 0.3 is 5.97 Å². The Bertz CT molecular complexity index is 1230. The highest BCUT2D eigenvalue weighted by Crippen LogP contribution is 2.74. The van der Waals surface area contributed by atoms with E-state index in [0.29, 0.717) is 25.9 Å². The first-order chi connectivity index (χ1) is 21.3. The first kappa shape index (κ1) is 34.7. The van der Waals surface area contributed by atoms with Gasteiger partial charge in [-0.2, -0.15) is 0 Å². The lowest BCUT2D eigenvalue weighted by Crippen LogP contribution is -2.71. The summed E-state index contributed by atoms with van der Waals surface area (Å²) in [5, 5.41) is 64.9. The molecule has 6 rings (SSSR count). The number of carbonyl (C=O) groups excluding carboxylic acids is 1. The number of esters is 1. The Morgan fingerprint density at radius 3 is 2.24 bits per heavy atom. The average molecular weight is 651 g/mol. The maximum Gasteiger partial charge on any atom is 0.310 e. The Balaban J connectivity index is 1.33. The van der Waals surface area contributed by atoms with Crippen LogP contribution in [0, 0.1) is 56.7 Å². The van der Waals surface area contributed by atoms with E-state index in [0.717, 1.165) is 12.8 Å². The number of fused-ring (bicyclic) bond motifs is 7. The van der Waals surface area contributed by atoms with Crippen molar-refractivity contribution in [2.45, 2.75) is 137 Å². The highest BCUT2D eigenvalue weighted by Gasteiger charge is 2.73. The van der Waals surface area contributed by atoms with Crippen LogP contribution < -0.4 is 0 Å². The van der Waals surface area contributed by atoms with E-state index in [2.05, 4.69) is 61.5 Å². The van der Waals surface area contributed by atoms with Gasteiger partial charge in [-0.05, 0) is 71.5 Å². The molecule has 16 atom stereocenters. The Labute approximate surface area is 273 Å². The van der Waals surface area contributed by atoms with Gasteiger partial charge in [0.25, 0.3) is 0 Å². The fourth-order valence-corrected chi connectivity index (χ4v) is 12.3. The zero-order valence-electron chi connectivity index (χ0n) is 28.8. The Hall–Kier alpha value is -1.11. The summed E-state index contributed by atoms with van der Waals surface area (Å²) in [4.78, 5) is 13.8. The molecule has 16 unspecified atom stereocenters. The molecule has 46 heavy (non-hydrogen) atoms. The molecule has 3 saturated carbocycles. The van der Waals surface area contributed by atoms with Gasteiger partial charge in [-0.1, -0.05) is 67.0 Å². The Morgan fingerprint density at radius 1 is 0.935 bits per heavy atom. The molecule has 262 valence electrons. The van der Waals surface area contributed by atoms with E-state index in [1.807, 2.05) is 0 Å². The molecule has 0 radical (unpaired) electrons. The molecular formula is C36H58O10. The fraction of sp³-hybridized carbons (Fsp3) is 0.917. The topological polar surface area (TPSA) is 166 Å². The summed E-state index contributed by atoms with van der Waals surface area (Å²) in [5.41, 5.74) is -1.04. The Kier molecular flexibility index (Phi) is 8.46. The number of hydrogen-bond acceptors (Lipinski definition) is 10. The fourth-order valence-electron chi connectivity index (χ4n) is 12.3. The molecule has 2 aliphatic heterocycles. The van der Waals surface area contributed by atoms with Crippen molar-refractivity contribution in [3.05, 3.63) is 11.6 Å². The molecule has 0 aromatic heterocycles. The van der Waals surface area contributed by atoms with Gasteiger partial charge in [-0.25, -0.2) is 0 Å². The lowest BCUT2D eigenvalue weighted by Gasteiger charge is -2.71. The van der Waals surface area contributed by atoms with Crippen LogP contribution in [0.5, 0.6) is 0 Å². The van der Waals surface area contributed by atoms with Crippen molar-refractivity contribution < 1.29 is 49.6 Å². The number of ether oxygens (including phenoxy) is 3. The van der Waals surface area contributed by atoms with Crippen molar-refractivity contribution >= 4 is 5.97 Å². The van der Waals surface area contributed by atoms with E-state index in [-0.39, 0.29) is 40.5 Å². The van der Waals surface area contributed by atoms with Crippen LogP contribution in [-0.4, -0.2) is 98.8 Å². The van der Waals surface area contributed by atoms with E-state index >= 15 is 0 Å². The van der Waals surface area contributed by atoms with Gasteiger partial charge in [0, 0.05) is 11.3 Å². The van der Waals surface area contributed by atoms with Crippen LogP contribution in [0.15, 0.2) is 11.6 Å². The maximum atomic E-state index is 13.8. The maximum absolute atomic E-state index is 13.8. The van der Waals surface area contributed by atoms with Crippen LogP contribution in [0.2, 0.25) is 0 Å². The first-order valence-corrected chi connectivity index (χ1v) is 17.5. The van der Waals surface area contributed by atoms with E-state index in [4.69, 9.17) is 14.2 Å². The van der Waals surface area contributed by atoms with Crippen molar-refractivity contribution in [1.29, 1.82) is 0 Å². The number of allylic oxidation sites excluding steroid dienone is 2. The minimum absolute atomic E-state index is 0.0696. The molecule has 10 heteroatoms. The van der Waals surface area contributed by atoms with Crippen LogP contribution in [0.4, 0.5) is 0 Å². The molecule has 6 aliphatic rings. The van der Waals surface area contributed by atoms with Gasteiger partial charge in [0.2, 0.25) is 0 Å². The van der Waals surface area contributed by atoms with E-state index in [1.54, 1.807) is 0 Å². The first-order valence-electron chi connectivity index (χ1n) is 17.5. The van der Waals surface area contributed by atoms with Crippen LogP contribution in [0.1, 0.15) is 87.5 Å². The SMILES string of the molecule is CC(C)C1COC(=O)C2C1(C)C(O)CC1(C)C3CCC4C(C)(CC(O)C(OC5OC(CO)C(O)C(O)C5O)C4(C)C)C3=CCC21C. The highest BCUT2D eigenvalue weighted by molar-refractivity contribution is 5.76. The average Bonchev–Trinajstić information content (AvgIpc) is 2.96. The van der Waals surface area contributed by atoms with Crippen LogP contribution in [-0.2, 0) is 19.0 Å². The van der Waals surface area contributed by atoms with Crippen LogP contribution in [0.25, 0.3) is 0 Å². The third-order valence-electron chi connectivity index (χ3n) is 15.0. The third-order valence-corrected chi connectivity index (χ3v) is 15.0. The van der Waals surface area contributed by atoms with Gasteiger partial charge in [-0.15, -0.1) is 0 Å². The molecule has 0 aromatic carbocycles. The van der Waals surface area contributed by atoms with E-state index < -0.39 is 77.8 Å². The monoisotopic (exact) mass is 650 g/mol. The lowest BCUT2D eigenvalue weighted by atomic mass is 9.34. The minimum Gasteiger partial charge on any atom is -0.465 e. The highest BCUT2D eigenvalue weighted by atomic mass is 16.7.